The van der Waals surface area contributed by atoms with Gasteiger partial charge in [0.1, 0.15) is 0 Å². The summed E-state index contributed by atoms with van der Waals surface area (Å²) in [7, 11) is 0. The smallest absolute Gasteiger partial charge is 0.236 e. The van der Waals surface area contributed by atoms with Crippen molar-refractivity contribution in [1.29, 1.82) is 0 Å². The van der Waals surface area contributed by atoms with E-state index in [2.05, 4.69) is 33.0 Å². The molecular weight excluding hydrogens is 236 g/mol. The molecule has 104 valence electrons. The molecule has 0 saturated heterocycles. The van der Waals surface area contributed by atoms with Crippen molar-refractivity contribution in [3.63, 3.8) is 0 Å². The van der Waals surface area contributed by atoms with Crippen LogP contribution in [0.4, 0.5) is 0 Å². The lowest BCUT2D eigenvalue weighted by atomic mass is 9.84. The Bertz CT molecular complexity index is 217. The predicted molar refractivity (Wildman–Crippen MR) is 76.4 cm³/mol. The number of carbonyl (C=O) groups excluding carboxylic acids is 1. The maximum atomic E-state index is 11.6. The normalized spacial score (nSPS) is 13.1. The molecule has 0 rings (SSSR count). The van der Waals surface area contributed by atoms with E-state index in [0.717, 1.165) is 19.3 Å². The van der Waals surface area contributed by atoms with E-state index in [-0.39, 0.29) is 29.8 Å². The van der Waals surface area contributed by atoms with E-state index in [9.17, 15) is 4.79 Å². The Hall–Kier alpha value is -0.280. The van der Waals surface area contributed by atoms with E-state index < -0.39 is 0 Å². The Morgan fingerprint density at radius 1 is 1.35 bits per heavy atom. The van der Waals surface area contributed by atoms with Gasteiger partial charge < -0.3 is 11.1 Å². The highest BCUT2D eigenvalue weighted by molar-refractivity contribution is 5.85. The Morgan fingerprint density at radius 2 is 1.88 bits per heavy atom. The lowest BCUT2D eigenvalue weighted by Crippen LogP contribution is -2.44. The van der Waals surface area contributed by atoms with Crippen LogP contribution in [0.2, 0.25) is 0 Å². The van der Waals surface area contributed by atoms with Crippen molar-refractivity contribution in [3.8, 4) is 0 Å². The number of halogens is 1. The van der Waals surface area contributed by atoms with Crippen molar-refractivity contribution >= 4 is 18.3 Å². The highest BCUT2D eigenvalue weighted by atomic mass is 35.5. The molecule has 0 heterocycles. The molecule has 0 aliphatic rings. The minimum absolute atomic E-state index is 0. The number of rotatable bonds is 7. The summed E-state index contributed by atoms with van der Waals surface area (Å²) in [6, 6.07) is -0.347. The number of nitrogens with one attached hydrogen (secondary N) is 1. The molecule has 0 aromatic carbocycles. The quantitative estimate of drug-likeness (QED) is 0.743. The molecule has 4 heteroatoms. The SMILES string of the molecule is CCCC(N)C(=O)NCC(C)(C)CC(C)C.Cl. The fourth-order valence-electron chi connectivity index (χ4n) is 2.08. The minimum Gasteiger partial charge on any atom is -0.354 e. The third kappa shape index (κ3) is 9.42. The molecule has 0 aliphatic carbocycles. The van der Waals surface area contributed by atoms with Crippen LogP contribution in [0.15, 0.2) is 0 Å². The molecule has 0 aromatic heterocycles. The van der Waals surface area contributed by atoms with Gasteiger partial charge in [0.05, 0.1) is 6.04 Å². The van der Waals surface area contributed by atoms with Gasteiger partial charge in [0.2, 0.25) is 5.91 Å². The summed E-state index contributed by atoms with van der Waals surface area (Å²) in [4.78, 5) is 11.6. The molecule has 3 N–H and O–H groups in total. The molecule has 1 amide bonds. The Labute approximate surface area is 112 Å². The lowest BCUT2D eigenvalue weighted by molar-refractivity contribution is -0.123. The number of amides is 1. The van der Waals surface area contributed by atoms with Crippen LogP contribution in [0.5, 0.6) is 0 Å². The topological polar surface area (TPSA) is 55.1 Å². The van der Waals surface area contributed by atoms with Crippen molar-refractivity contribution in [3.05, 3.63) is 0 Å². The summed E-state index contributed by atoms with van der Waals surface area (Å²) in [6.07, 6.45) is 2.82. The van der Waals surface area contributed by atoms with Crippen molar-refractivity contribution < 1.29 is 4.79 Å². The summed E-state index contributed by atoms with van der Waals surface area (Å²) < 4.78 is 0. The summed E-state index contributed by atoms with van der Waals surface area (Å²) in [5.41, 5.74) is 5.89. The molecule has 1 unspecified atom stereocenters. The number of nitrogens with two attached hydrogens (primary N) is 1. The second-order valence-corrected chi connectivity index (χ2v) is 5.88. The highest BCUT2D eigenvalue weighted by Crippen LogP contribution is 2.24. The van der Waals surface area contributed by atoms with Gasteiger partial charge in [-0.15, -0.1) is 12.4 Å². The zero-order valence-corrected chi connectivity index (χ0v) is 12.7. The third-order valence-corrected chi connectivity index (χ3v) is 2.64. The average Bonchev–Trinajstić information content (AvgIpc) is 2.12. The van der Waals surface area contributed by atoms with Gasteiger partial charge in [0.25, 0.3) is 0 Å². The first-order valence-corrected chi connectivity index (χ1v) is 6.32. The lowest BCUT2D eigenvalue weighted by Gasteiger charge is -2.27. The van der Waals surface area contributed by atoms with Gasteiger partial charge in [0.15, 0.2) is 0 Å². The molecule has 0 aromatic rings. The predicted octanol–water partition coefficient (Wildman–Crippen LogP) is 2.72. The molecular formula is C13H29ClN2O. The Balaban J connectivity index is 0. The van der Waals surface area contributed by atoms with Gasteiger partial charge in [-0.25, -0.2) is 0 Å². The van der Waals surface area contributed by atoms with E-state index in [1.165, 1.54) is 0 Å². The van der Waals surface area contributed by atoms with Crippen LogP contribution in [0, 0.1) is 11.3 Å². The summed E-state index contributed by atoms with van der Waals surface area (Å²) in [5.74, 6) is 0.634. The molecule has 0 aliphatic heterocycles. The van der Waals surface area contributed by atoms with E-state index in [1.807, 2.05) is 6.92 Å². The third-order valence-electron chi connectivity index (χ3n) is 2.64. The van der Waals surface area contributed by atoms with Crippen LogP contribution in [0.25, 0.3) is 0 Å². The van der Waals surface area contributed by atoms with Crippen LogP contribution in [0.3, 0.4) is 0 Å². The van der Waals surface area contributed by atoms with Crippen LogP contribution in [-0.4, -0.2) is 18.5 Å². The number of hydrogen-bond acceptors (Lipinski definition) is 2. The van der Waals surface area contributed by atoms with Crippen LogP contribution in [-0.2, 0) is 4.79 Å². The van der Waals surface area contributed by atoms with Gasteiger partial charge in [0, 0.05) is 6.54 Å². The van der Waals surface area contributed by atoms with Gasteiger partial charge in [-0.05, 0) is 24.2 Å². The largest absolute Gasteiger partial charge is 0.354 e. The first kappa shape index (κ1) is 19.1. The van der Waals surface area contributed by atoms with E-state index in [4.69, 9.17) is 5.73 Å². The summed E-state index contributed by atoms with van der Waals surface area (Å²) in [6.45, 7) is 11.5. The first-order chi connectivity index (χ1) is 7.28. The van der Waals surface area contributed by atoms with E-state index >= 15 is 0 Å². The standard InChI is InChI=1S/C13H28N2O.ClH/c1-6-7-11(14)12(16)15-9-13(4,5)8-10(2)3;/h10-11H,6-9,14H2,1-5H3,(H,15,16);1H. The second-order valence-electron chi connectivity index (χ2n) is 5.88. The first-order valence-electron chi connectivity index (χ1n) is 6.32. The van der Waals surface area contributed by atoms with Gasteiger partial charge >= 0.3 is 0 Å². The van der Waals surface area contributed by atoms with E-state index in [0.29, 0.717) is 12.5 Å². The minimum atomic E-state index is -0.347. The van der Waals surface area contributed by atoms with Crippen LogP contribution < -0.4 is 11.1 Å². The van der Waals surface area contributed by atoms with Gasteiger partial charge in [-0.1, -0.05) is 41.0 Å². The maximum absolute atomic E-state index is 11.6. The molecule has 0 fully saturated rings. The zero-order chi connectivity index (χ0) is 12.8. The summed E-state index contributed by atoms with van der Waals surface area (Å²) in [5, 5.41) is 2.95. The second kappa shape index (κ2) is 8.76. The fourth-order valence-corrected chi connectivity index (χ4v) is 2.08. The zero-order valence-electron chi connectivity index (χ0n) is 11.9. The van der Waals surface area contributed by atoms with Crippen LogP contribution >= 0.6 is 12.4 Å². The number of carbonyl (C=O) groups is 1. The molecule has 0 radical (unpaired) electrons. The summed E-state index contributed by atoms with van der Waals surface area (Å²) >= 11 is 0. The monoisotopic (exact) mass is 264 g/mol. The van der Waals surface area contributed by atoms with Crippen molar-refractivity contribution in [2.45, 2.75) is 59.9 Å². The van der Waals surface area contributed by atoms with Crippen molar-refractivity contribution in [2.75, 3.05) is 6.54 Å². The number of hydrogen-bond donors (Lipinski definition) is 2. The van der Waals surface area contributed by atoms with Gasteiger partial charge in [-0.2, -0.15) is 0 Å². The molecule has 1 atom stereocenters. The molecule has 0 spiro atoms. The molecule has 3 nitrogen and oxygen atoms in total. The maximum Gasteiger partial charge on any atom is 0.236 e. The molecule has 0 saturated carbocycles. The van der Waals surface area contributed by atoms with Crippen molar-refractivity contribution in [1.82, 2.24) is 5.32 Å². The van der Waals surface area contributed by atoms with Gasteiger partial charge in [-0.3, -0.25) is 4.79 Å². The Kier molecular flexibility index (Phi) is 9.82. The molecule has 17 heavy (non-hydrogen) atoms. The molecule has 0 bridgehead atoms. The average molecular weight is 265 g/mol. The fraction of sp³-hybridized carbons (Fsp3) is 0.923. The van der Waals surface area contributed by atoms with E-state index in [1.54, 1.807) is 0 Å². The Morgan fingerprint density at radius 3 is 2.29 bits per heavy atom. The van der Waals surface area contributed by atoms with Crippen LogP contribution in [0.1, 0.15) is 53.9 Å². The van der Waals surface area contributed by atoms with Crippen molar-refractivity contribution in [2.24, 2.45) is 17.1 Å². The highest BCUT2D eigenvalue weighted by Gasteiger charge is 2.21.